The maximum absolute atomic E-state index is 10.1. The smallest absolute Gasteiger partial charge is 0.145 e. The molecule has 0 rings (SSSR count). The van der Waals surface area contributed by atoms with Crippen LogP contribution in [0.4, 0.5) is 0 Å². The van der Waals surface area contributed by atoms with Crippen LogP contribution < -0.4 is 0 Å². The van der Waals surface area contributed by atoms with Crippen LogP contribution in [0, 0.1) is 0 Å². The van der Waals surface area contributed by atoms with Gasteiger partial charge >= 0.3 is 0 Å². The Morgan fingerprint density at radius 1 is 0.833 bits per heavy atom. The van der Waals surface area contributed by atoms with Gasteiger partial charge in [-0.15, -0.1) is 0 Å². The van der Waals surface area contributed by atoms with E-state index in [1.807, 2.05) is 0 Å². The molecule has 0 amide bonds. The highest BCUT2D eigenvalue weighted by Crippen LogP contribution is 1.90. The summed E-state index contributed by atoms with van der Waals surface area (Å²) in [5, 5.41) is 0. The average molecular weight is 164 g/mol. The summed E-state index contributed by atoms with van der Waals surface area (Å²) in [6.07, 6.45) is 8.36. The van der Waals surface area contributed by atoms with Crippen LogP contribution in [0.25, 0.3) is 0 Å². The third-order valence-electron chi connectivity index (χ3n) is 1.20. The van der Waals surface area contributed by atoms with Gasteiger partial charge in [-0.3, -0.25) is 9.59 Å². The predicted octanol–water partition coefficient (Wildman–Crippen LogP) is 1.83. The third-order valence-corrected chi connectivity index (χ3v) is 1.20. The molecule has 0 bridgehead atoms. The van der Waals surface area contributed by atoms with Crippen LogP contribution in [-0.2, 0) is 9.59 Å². The highest BCUT2D eigenvalue weighted by atomic mass is 16.1. The number of rotatable bonds is 4. The Morgan fingerprint density at radius 3 is 1.42 bits per heavy atom. The zero-order valence-electron chi connectivity index (χ0n) is 7.28. The highest BCUT2D eigenvalue weighted by Gasteiger charge is 1.79. The summed E-state index contributed by atoms with van der Waals surface area (Å²) >= 11 is 0. The van der Waals surface area contributed by atoms with E-state index in [1.54, 1.807) is 38.2 Å². The maximum atomic E-state index is 10.1. The first kappa shape index (κ1) is 10.6. The molecule has 0 aromatic rings. The summed E-state index contributed by atoms with van der Waals surface area (Å²) in [6.45, 7) is 3.43. The van der Waals surface area contributed by atoms with Gasteiger partial charge in [-0.1, -0.05) is 24.3 Å². The lowest BCUT2D eigenvalue weighted by Gasteiger charge is -1.81. The van der Waals surface area contributed by atoms with Crippen molar-refractivity contribution in [3.05, 3.63) is 35.5 Å². The summed E-state index contributed by atoms with van der Waals surface area (Å²) in [5.41, 5.74) is 1.31. The Bertz CT molecular complexity index is 219. The highest BCUT2D eigenvalue weighted by molar-refractivity contribution is 5.73. The molecule has 0 aliphatic rings. The Hall–Kier alpha value is -1.44. The van der Waals surface area contributed by atoms with Crippen LogP contribution in [0.1, 0.15) is 13.8 Å². The molecule has 0 heterocycles. The second-order valence-corrected chi connectivity index (χ2v) is 2.44. The summed E-state index contributed by atoms with van der Waals surface area (Å²) in [6, 6.07) is 0. The van der Waals surface area contributed by atoms with Crippen molar-refractivity contribution in [3.8, 4) is 0 Å². The molecule has 0 aromatic carbocycles. The van der Waals surface area contributed by atoms with Gasteiger partial charge < -0.3 is 0 Å². The molecule has 0 unspecified atom stereocenters. The summed E-state index contributed by atoms with van der Waals surface area (Å²) in [7, 11) is 0. The van der Waals surface area contributed by atoms with Crippen molar-refractivity contribution in [2.24, 2.45) is 0 Å². The van der Waals surface area contributed by atoms with E-state index in [-0.39, 0.29) is 0 Å². The van der Waals surface area contributed by atoms with Gasteiger partial charge in [-0.05, 0) is 25.0 Å². The molecule has 2 nitrogen and oxygen atoms in total. The number of carbonyl (C=O) groups is 2. The summed E-state index contributed by atoms with van der Waals surface area (Å²) < 4.78 is 0. The molecule has 12 heavy (non-hydrogen) atoms. The van der Waals surface area contributed by atoms with E-state index in [0.29, 0.717) is 11.1 Å². The number of allylic oxidation sites excluding steroid dienone is 6. The van der Waals surface area contributed by atoms with Gasteiger partial charge in [-0.2, -0.15) is 0 Å². The lowest BCUT2D eigenvalue weighted by Crippen LogP contribution is -1.73. The number of aldehydes is 2. The Labute approximate surface area is 72.3 Å². The van der Waals surface area contributed by atoms with Gasteiger partial charge in [0.05, 0.1) is 0 Å². The Kier molecular flexibility index (Phi) is 5.53. The number of hydrogen-bond donors (Lipinski definition) is 0. The molecule has 0 radical (unpaired) electrons. The van der Waals surface area contributed by atoms with E-state index in [1.165, 1.54) is 0 Å². The van der Waals surface area contributed by atoms with Crippen molar-refractivity contribution in [1.29, 1.82) is 0 Å². The fourth-order valence-electron chi connectivity index (χ4n) is 0.493. The van der Waals surface area contributed by atoms with Crippen molar-refractivity contribution in [2.45, 2.75) is 13.8 Å². The first-order valence-electron chi connectivity index (χ1n) is 3.63. The van der Waals surface area contributed by atoms with E-state index >= 15 is 0 Å². The molecule has 2 heteroatoms. The molecule has 0 saturated heterocycles. The standard InChI is InChI=1S/C10H12O2/c1-9(7-11)5-3-4-6-10(2)8-12/h3-8H,1-2H3/b4-3-,9-5+,10-6+. The van der Waals surface area contributed by atoms with Crippen LogP contribution in [0.5, 0.6) is 0 Å². The fraction of sp³-hybridized carbons (Fsp3) is 0.200. The van der Waals surface area contributed by atoms with E-state index in [2.05, 4.69) is 0 Å². The van der Waals surface area contributed by atoms with Gasteiger partial charge in [0, 0.05) is 0 Å². The van der Waals surface area contributed by atoms with E-state index in [4.69, 9.17) is 0 Å². The minimum Gasteiger partial charge on any atom is -0.298 e. The van der Waals surface area contributed by atoms with E-state index < -0.39 is 0 Å². The zero-order valence-corrected chi connectivity index (χ0v) is 7.28. The van der Waals surface area contributed by atoms with Crippen molar-refractivity contribution in [1.82, 2.24) is 0 Å². The van der Waals surface area contributed by atoms with Crippen LogP contribution in [0.2, 0.25) is 0 Å². The molecular formula is C10H12O2. The predicted molar refractivity (Wildman–Crippen MR) is 48.8 cm³/mol. The normalized spacial score (nSPS) is 13.5. The van der Waals surface area contributed by atoms with Gasteiger partial charge in [0.25, 0.3) is 0 Å². The van der Waals surface area contributed by atoms with Crippen molar-refractivity contribution in [2.75, 3.05) is 0 Å². The molecule has 0 aromatic heterocycles. The average Bonchev–Trinajstić information content (AvgIpc) is 2.11. The molecular weight excluding hydrogens is 152 g/mol. The van der Waals surface area contributed by atoms with Gasteiger partial charge in [0.2, 0.25) is 0 Å². The van der Waals surface area contributed by atoms with Crippen LogP contribution in [0.3, 0.4) is 0 Å². The van der Waals surface area contributed by atoms with Gasteiger partial charge in [0.1, 0.15) is 12.6 Å². The summed E-state index contributed by atoms with van der Waals surface area (Å²) in [5.74, 6) is 0. The van der Waals surface area contributed by atoms with Crippen LogP contribution >= 0.6 is 0 Å². The molecule has 0 spiro atoms. The molecule has 0 atom stereocenters. The zero-order chi connectivity index (χ0) is 9.40. The van der Waals surface area contributed by atoms with Crippen LogP contribution in [0.15, 0.2) is 35.5 Å². The monoisotopic (exact) mass is 164 g/mol. The molecule has 0 fully saturated rings. The molecule has 0 aliphatic carbocycles. The third kappa shape index (κ3) is 5.35. The van der Waals surface area contributed by atoms with Crippen molar-refractivity contribution < 1.29 is 9.59 Å². The SMILES string of the molecule is C\C(C=O)=C/C=C\C=C(/C)C=O. The lowest BCUT2D eigenvalue weighted by atomic mass is 10.2. The first-order valence-corrected chi connectivity index (χ1v) is 3.63. The number of hydrogen-bond acceptors (Lipinski definition) is 2. The minimum absolute atomic E-state index is 0.656. The Morgan fingerprint density at radius 2 is 1.17 bits per heavy atom. The quantitative estimate of drug-likeness (QED) is 0.361. The fourth-order valence-corrected chi connectivity index (χ4v) is 0.493. The van der Waals surface area contributed by atoms with Crippen molar-refractivity contribution in [3.63, 3.8) is 0 Å². The molecule has 0 saturated carbocycles. The number of carbonyl (C=O) groups excluding carboxylic acids is 2. The first-order chi connectivity index (χ1) is 5.70. The second kappa shape index (κ2) is 6.28. The maximum Gasteiger partial charge on any atom is 0.145 e. The largest absolute Gasteiger partial charge is 0.298 e. The topological polar surface area (TPSA) is 34.1 Å². The summed E-state index contributed by atoms with van der Waals surface area (Å²) in [4.78, 5) is 20.2. The molecule has 0 aliphatic heterocycles. The second-order valence-electron chi connectivity index (χ2n) is 2.44. The van der Waals surface area contributed by atoms with Crippen LogP contribution in [-0.4, -0.2) is 12.6 Å². The minimum atomic E-state index is 0.656. The van der Waals surface area contributed by atoms with Gasteiger partial charge in [0.15, 0.2) is 0 Å². The van der Waals surface area contributed by atoms with E-state index in [0.717, 1.165) is 12.6 Å². The van der Waals surface area contributed by atoms with Crippen molar-refractivity contribution >= 4 is 12.6 Å². The van der Waals surface area contributed by atoms with E-state index in [9.17, 15) is 9.59 Å². The molecule has 64 valence electrons. The van der Waals surface area contributed by atoms with Gasteiger partial charge in [-0.25, -0.2) is 0 Å². The molecule has 0 N–H and O–H groups in total. The lowest BCUT2D eigenvalue weighted by molar-refractivity contribution is -0.105. The Balaban J connectivity index is 4.09.